The van der Waals surface area contributed by atoms with Gasteiger partial charge in [0.05, 0.1) is 12.7 Å². The standard InChI is InChI=1S/C20H31N7O6S/c1-10(29)12(21)16(31)22-6-4-2-3-5-7-23-19-25-15-13(17(34)26-19)24-9-27(15)18-20(27,32)14(30)11(8-28)33-18/h9-12,14,18,28-30,32H,2-8,21H2,1H3,(H2-,22,23,25,26,31,34)/p+1/t10?,11-,12?,14+,18-,20+,27?/m1/s1. The molecule has 1 spiro atoms. The number of carbonyl (C=O) groups excluding carboxylic acids is 1. The van der Waals surface area contributed by atoms with Gasteiger partial charge in [-0.1, -0.05) is 25.1 Å². The van der Waals surface area contributed by atoms with Crippen LogP contribution in [0, 0.1) is 4.64 Å². The fourth-order valence-electron chi connectivity index (χ4n) is 4.57. The lowest BCUT2D eigenvalue weighted by atomic mass is 10.1. The summed E-state index contributed by atoms with van der Waals surface area (Å²) in [5.41, 5.74) is 4.34. The number of fused-ring (bicyclic) bond motifs is 5. The topological polar surface area (TPSA) is 198 Å². The molecule has 0 bridgehead atoms. The van der Waals surface area contributed by atoms with Gasteiger partial charge in [0.1, 0.15) is 12.1 Å². The number of aliphatic imine (C=N–C) groups is 1. The highest BCUT2D eigenvalue weighted by Crippen LogP contribution is 2.62. The Morgan fingerprint density at radius 1 is 1.38 bits per heavy atom. The van der Waals surface area contributed by atoms with Gasteiger partial charge in [0.25, 0.3) is 6.23 Å². The fraction of sp³-hybridized carbons (Fsp3) is 0.700. The quantitative estimate of drug-likeness (QED) is 0.0785. The highest BCUT2D eigenvalue weighted by Gasteiger charge is 2.92. The Labute approximate surface area is 201 Å². The Bertz CT molecular complexity index is 1020. The third-order valence-corrected chi connectivity index (χ3v) is 6.95. The average Bonchev–Trinajstić information content (AvgIpc) is 3.03. The number of nitrogens with two attached hydrogens (primary N) is 1. The Balaban J connectivity index is 1.26. The summed E-state index contributed by atoms with van der Waals surface area (Å²) in [4.78, 5) is 23.4. The number of carbonyl (C=O) groups is 1. The lowest BCUT2D eigenvalue weighted by molar-refractivity contribution is -0.124. The molecule has 1 aromatic rings. The van der Waals surface area contributed by atoms with Crippen molar-refractivity contribution >= 4 is 41.9 Å². The van der Waals surface area contributed by atoms with Gasteiger partial charge in [-0.25, -0.2) is 4.98 Å². The number of rotatable bonds is 11. The van der Waals surface area contributed by atoms with Crippen LogP contribution in [0.25, 0.3) is 0 Å². The first-order valence-corrected chi connectivity index (χ1v) is 11.8. The SMILES string of the molecule is CC(O)C(N)C(=O)NCCCCCCNc1nc(=S)c2c([nH]1)[N+]1(C=N2)[C@@H]2O[C@H](CO)[C@H](O)[C@]21O. The summed E-state index contributed by atoms with van der Waals surface area (Å²) in [6.45, 7) is 2.20. The first-order valence-electron chi connectivity index (χ1n) is 11.4. The van der Waals surface area contributed by atoms with Crippen LogP contribution in [0.2, 0.25) is 0 Å². The van der Waals surface area contributed by atoms with Crippen molar-refractivity contribution in [3.8, 4) is 0 Å². The summed E-state index contributed by atoms with van der Waals surface area (Å²) in [5, 5.41) is 46.1. The van der Waals surface area contributed by atoms with Crippen LogP contribution < -0.4 is 20.9 Å². The number of quaternary nitrogens is 1. The van der Waals surface area contributed by atoms with E-state index in [9.17, 15) is 25.2 Å². The minimum Gasteiger partial charge on any atom is -0.394 e. The zero-order valence-corrected chi connectivity index (χ0v) is 19.7. The molecule has 14 heteroatoms. The van der Waals surface area contributed by atoms with Crippen molar-refractivity contribution in [2.24, 2.45) is 10.7 Å². The number of hydrogen-bond acceptors (Lipinski definition) is 11. The molecule has 9 N–H and O–H groups in total. The molecule has 188 valence electrons. The first-order chi connectivity index (χ1) is 16.2. The van der Waals surface area contributed by atoms with Crippen molar-refractivity contribution in [2.45, 2.75) is 68.9 Å². The number of aliphatic hydroxyl groups excluding tert-OH is 3. The molecule has 3 aliphatic rings. The molecule has 2 saturated heterocycles. The first kappa shape index (κ1) is 25.1. The van der Waals surface area contributed by atoms with E-state index >= 15 is 0 Å². The van der Waals surface area contributed by atoms with Crippen LogP contribution in [-0.4, -0.2) is 98.6 Å². The molecular weight excluding hydrogens is 466 g/mol. The van der Waals surface area contributed by atoms with E-state index in [4.69, 9.17) is 22.7 Å². The normalized spacial score (nSPS) is 32.4. The van der Waals surface area contributed by atoms with Crippen LogP contribution in [-0.2, 0) is 9.53 Å². The number of aliphatic hydroxyl groups is 4. The molecule has 4 heterocycles. The minimum atomic E-state index is -1.65. The van der Waals surface area contributed by atoms with Gasteiger partial charge in [-0.15, -0.1) is 0 Å². The molecule has 3 unspecified atom stereocenters. The predicted octanol–water partition coefficient (Wildman–Crippen LogP) is -1.30. The number of aromatic nitrogens is 2. The van der Waals surface area contributed by atoms with Gasteiger partial charge in [-0.05, 0) is 19.8 Å². The fourth-order valence-corrected chi connectivity index (χ4v) is 4.81. The molecule has 4 rings (SSSR count). The van der Waals surface area contributed by atoms with E-state index in [2.05, 4.69) is 25.6 Å². The van der Waals surface area contributed by atoms with Gasteiger partial charge in [-0.3, -0.25) is 9.78 Å². The number of nitrogens with one attached hydrogen (secondary N) is 3. The number of anilines is 1. The van der Waals surface area contributed by atoms with E-state index in [1.54, 1.807) is 0 Å². The van der Waals surface area contributed by atoms with Crippen LogP contribution in [0.4, 0.5) is 17.5 Å². The highest BCUT2D eigenvalue weighted by atomic mass is 32.1. The van der Waals surface area contributed by atoms with E-state index in [0.717, 1.165) is 25.7 Å². The van der Waals surface area contributed by atoms with Crippen molar-refractivity contribution in [1.29, 1.82) is 0 Å². The van der Waals surface area contributed by atoms with Crippen LogP contribution in [0.1, 0.15) is 32.6 Å². The second-order valence-corrected chi connectivity index (χ2v) is 9.33. The summed E-state index contributed by atoms with van der Waals surface area (Å²) in [6, 6.07) is -0.917. The van der Waals surface area contributed by atoms with Gasteiger partial charge in [0, 0.05) is 13.1 Å². The van der Waals surface area contributed by atoms with Crippen LogP contribution in [0.15, 0.2) is 4.99 Å². The molecule has 0 radical (unpaired) electrons. The van der Waals surface area contributed by atoms with Gasteiger partial charge in [-0.2, -0.15) is 9.48 Å². The second kappa shape index (κ2) is 9.54. The summed E-state index contributed by atoms with van der Waals surface area (Å²) >= 11 is 5.37. The van der Waals surface area contributed by atoms with Gasteiger partial charge in [0.15, 0.2) is 16.4 Å². The van der Waals surface area contributed by atoms with Crippen molar-refractivity contribution in [3.05, 3.63) is 4.64 Å². The molecule has 0 saturated carbocycles. The number of amides is 1. The number of aromatic amines is 1. The third kappa shape index (κ3) is 3.93. The predicted molar refractivity (Wildman–Crippen MR) is 126 cm³/mol. The monoisotopic (exact) mass is 498 g/mol. The van der Waals surface area contributed by atoms with Crippen molar-refractivity contribution in [3.63, 3.8) is 0 Å². The van der Waals surface area contributed by atoms with Crippen molar-refractivity contribution < 1.29 is 30.0 Å². The van der Waals surface area contributed by atoms with Gasteiger partial charge >= 0.3 is 5.72 Å². The van der Waals surface area contributed by atoms with E-state index in [0.29, 0.717) is 30.5 Å². The number of H-pyrrole nitrogens is 1. The number of hydrogen-bond donors (Lipinski definition) is 8. The average molecular weight is 499 g/mol. The maximum Gasteiger partial charge on any atom is 0.325 e. The van der Waals surface area contributed by atoms with Crippen LogP contribution in [0.3, 0.4) is 0 Å². The Hall–Kier alpha value is -2.04. The number of unbranched alkanes of at least 4 members (excludes halogenated alkanes) is 3. The Morgan fingerprint density at radius 2 is 2.09 bits per heavy atom. The largest absolute Gasteiger partial charge is 0.394 e. The summed E-state index contributed by atoms with van der Waals surface area (Å²) < 4.78 is 5.68. The third-order valence-electron chi connectivity index (χ3n) is 6.66. The van der Waals surface area contributed by atoms with Gasteiger partial charge in [0.2, 0.25) is 24.0 Å². The lowest BCUT2D eigenvalue weighted by Gasteiger charge is -2.23. The second-order valence-electron chi connectivity index (χ2n) is 8.95. The molecule has 2 fully saturated rings. The highest BCUT2D eigenvalue weighted by molar-refractivity contribution is 7.71. The van der Waals surface area contributed by atoms with Crippen molar-refractivity contribution in [2.75, 3.05) is 25.0 Å². The molecule has 1 aromatic heterocycles. The number of nitrogens with zero attached hydrogens (tertiary/aromatic N) is 3. The van der Waals surface area contributed by atoms with E-state index in [-0.39, 0.29) is 15.0 Å². The smallest absolute Gasteiger partial charge is 0.325 e. The summed E-state index contributed by atoms with van der Waals surface area (Å²) in [7, 11) is 0. The number of ether oxygens (including phenoxy) is 1. The van der Waals surface area contributed by atoms with Crippen LogP contribution >= 0.6 is 12.2 Å². The molecule has 13 nitrogen and oxygen atoms in total. The Morgan fingerprint density at radius 3 is 2.71 bits per heavy atom. The molecule has 0 aliphatic carbocycles. The zero-order chi connectivity index (χ0) is 24.7. The molecule has 1 amide bonds. The molecule has 7 atom stereocenters. The molecule has 0 aromatic carbocycles. The Kier molecular flexibility index (Phi) is 7.04. The van der Waals surface area contributed by atoms with Crippen molar-refractivity contribution in [1.82, 2.24) is 19.8 Å². The molecule has 34 heavy (non-hydrogen) atoms. The summed E-state index contributed by atoms with van der Waals surface area (Å²) in [6.07, 6.45) is 1.15. The van der Waals surface area contributed by atoms with E-state index < -0.39 is 42.9 Å². The maximum atomic E-state index is 11.7. The molecular formula is C20H32N7O6S+. The minimum absolute atomic E-state index is 0.231. The van der Waals surface area contributed by atoms with E-state index in [1.807, 2.05) is 0 Å². The summed E-state index contributed by atoms with van der Waals surface area (Å²) in [5.74, 6) is 0.550. The van der Waals surface area contributed by atoms with Crippen LogP contribution in [0.5, 0.6) is 0 Å². The van der Waals surface area contributed by atoms with Gasteiger partial charge < -0.3 is 41.5 Å². The lowest BCUT2D eigenvalue weighted by Crippen LogP contribution is -2.50. The zero-order valence-electron chi connectivity index (χ0n) is 18.8. The maximum absolute atomic E-state index is 11.7. The molecule has 3 aliphatic heterocycles. The van der Waals surface area contributed by atoms with E-state index in [1.165, 1.54) is 13.3 Å².